The number of hydrogen-bond donors (Lipinski definition) is 1. The predicted octanol–water partition coefficient (Wildman–Crippen LogP) is 1.26. The van der Waals surface area contributed by atoms with Gasteiger partial charge in [-0.05, 0) is 31.0 Å². The van der Waals surface area contributed by atoms with Crippen LogP contribution in [0.3, 0.4) is 0 Å². The number of ether oxygens (including phenoxy) is 1. The molecule has 128 valence electrons. The number of carbonyl (C=O) groups is 2. The number of nitrogens with zero attached hydrogens (tertiary/aromatic N) is 1. The molecule has 0 unspecified atom stereocenters. The summed E-state index contributed by atoms with van der Waals surface area (Å²) in [4.78, 5) is 34.5. The van der Waals surface area contributed by atoms with Gasteiger partial charge >= 0.3 is 10.8 Å². The standard InChI is InChI=1S/C16H17FN2O4S/c1-11-10-24-16(22)19(11)8-15(21)23-9-14(20)18-7-6-12-2-4-13(17)5-3-12/h2-5,10H,6-9H2,1H3,(H,18,20). The van der Waals surface area contributed by atoms with Crippen LogP contribution >= 0.6 is 11.3 Å². The van der Waals surface area contributed by atoms with Crippen LogP contribution in [0.25, 0.3) is 0 Å². The fourth-order valence-corrected chi connectivity index (χ4v) is 2.70. The van der Waals surface area contributed by atoms with Crippen LogP contribution in [0.15, 0.2) is 34.4 Å². The van der Waals surface area contributed by atoms with Crippen molar-refractivity contribution < 1.29 is 18.7 Å². The molecule has 0 spiro atoms. The molecular formula is C16H17FN2O4S. The topological polar surface area (TPSA) is 77.4 Å². The van der Waals surface area contributed by atoms with Crippen molar-refractivity contribution in [2.45, 2.75) is 19.9 Å². The highest BCUT2D eigenvalue weighted by molar-refractivity contribution is 7.07. The summed E-state index contributed by atoms with van der Waals surface area (Å²) in [6.45, 7) is 1.45. The van der Waals surface area contributed by atoms with Gasteiger partial charge in [0.2, 0.25) is 0 Å². The van der Waals surface area contributed by atoms with Gasteiger partial charge in [0.25, 0.3) is 5.91 Å². The van der Waals surface area contributed by atoms with Gasteiger partial charge in [0.1, 0.15) is 12.4 Å². The molecule has 0 aliphatic rings. The second kappa shape index (κ2) is 8.39. The van der Waals surface area contributed by atoms with Gasteiger partial charge in [-0.2, -0.15) is 0 Å². The minimum absolute atomic E-state index is 0.211. The van der Waals surface area contributed by atoms with Crippen LogP contribution in [0.4, 0.5) is 4.39 Å². The minimum atomic E-state index is -0.646. The fraction of sp³-hybridized carbons (Fsp3) is 0.312. The molecule has 2 rings (SSSR count). The molecule has 24 heavy (non-hydrogen) atoms. The Morgan fingerprint density at radius 2 is 2.00 bits per heavy atom. The quantitative estimate of drug-likeness (QED) is 0.761. The number of aryl methyl sites for hydroxylation is 1. The smallest absolute Gasteiger partial charge is 0.326 e. The molecule has 0 radical (unpaired) electrons. The van der Waals surface area contributed by atoms with E-state index >= 15 is 0 Å². The number of benzene rings is 1. The highest BCUT2D eigenvalue weighted by Crippen LogP contribution is 2.03. The summed E-state index contributed by atoms with van der Waals surface area (Å²) in [5, 5.41) is 4.26. The van der Waals surface area contributed by atoms with Gasteiger partial charge < -0.3 is 10.1 Å². The Labute approximate surface area is 141 Å². The lowest BCUT2D eigenvalue weighted by molar-refractivity contribution is -0.149. The molecule has 1 amide bonds. The number of rotatable bonds is 7. The number of aromatic nitrogens is 1. The molecule has 0 saturated carbocycles. The molecule has 0 aliphatic carbocycles. The van der Waals surface area contributed by atoms with E-state index in [1.54, 1.807) is 24.4 Å². The van der Waals surface area contributed by atoms with E-state index in [1.165, 1.54) is 16.7 Å². The van der Waals surface area contributed by atoms with E-state index in [0.717, 1.165) is 16.9 Å². The maximum Gasteiger partial charge on any atom is 0.326 e. The van der Waals surface area contributed by atoms with Crippen LogP contribution in [-0.2, 0) is 27.3 Å². The molecule has 1 aromatic carbocycles. The van der Waals surface area contributed by atoms with E-state index in [-0.39, 0.29) is 17.2 Å². The molecule has 1 heterocycles. The molecule has 6 nitrogen and oxygen atoms in total. The van der Waals surface area contributed by atoms with E-state index in [1.807, 2.05) is 0 Å². The average Bonchev–Trinajstić information content (AvgIpc) is 2.87. The molecule has 0 bridgehead atoms. The first-order chi connectivity index (χ1) is 11.5. The Hall–Kier alpha value is -2.48. The van der Waals surface area contributed by atoms with E-state index in [9.17, 15) is 18.8 Å². The van der Waals surface area contributed by atoms with Crippen molar-refractivity contribution in [1.29, 1.82) is 0 Å². The second-order valence-corrected chi connectivity index (χ2v) is 5.94. The lowest BCUT2D eigenvalue weighted by Gasteiger charge is -2.07. The number of carbonyl (C=O) groups excluding carboxylic acids is 2. The second-order valence-electron chi connectivity index (χ2n) is 5.12. The number of hydrogen-bond acceptors (Lipinski definition) is 5. The van der Waals surface area contributed by atoms with E-state index in [2.05, 4.69) is 5.32 Å². The first-order valence-corrected chi connectivity index (χ1v) is 8.15. The van der Waals surface area contributed by atoms with Crippen molar-refractivity contribution in [3.05, 3.63) is 56.4 Å². The maximum absolute atomic E-state index is 12.8. The third-order valence-corrected chi connectivity index (χ3v) is 4.16. The van der Waals surface area contributed by atoms with Crippen LogP contribution < -0.4 is 10.2 Å². The highest BCUT2D eigenvalue weighted by Gasteiger charge is 2.11. The molecule has 1 N–H and O–H groups in total. The molecule has 0 fully saturated rings. The summed E-state index contributed by atoms with van der Waals surface area (Å²) in [6, 6.07) is 5.99. The van der Waals surface area contributed by atoms with Crippen LogP contribution in [0.1, 0.15) is 11.3 Å². The molecule has 1 aromatic heterocycles. The number of nitrogens with one attached hydrogen (secondary N) is 1. The van der Waals surface area contributed by atoms with Crippen molar-refractivity contribution in [2.75, 3.05) is 13.2 Å². The van der Waals surface area contributed by atoms with Gasteiger partial charge in [0, 0.05) is 17.6 Å². The number of amides is 1. The SMILES string of the molecule is Cc1csc(=O)n1CC(=O)OCC(=O)NCCc1ccc(F)cc1. The third kappa shape index (κ3) is 5.31. The lowest BCUT2D eigenvalue weighted by Crippen LogP contribution is -2.31. The van der Waals surface area contributed by atoms with Gasteiger partial charge in [-0.1, -0.05) is 23.5 Å². The average molecular weight is 352 g/mol. The largest absolute Gasteiger partial charge is 0.454 e. The lowest BCUT2D eigenvalue weighted by atomic mass is 10.1. The highest BCUT2D eigenvalue weighted by atomic mass is 32.1. The Morgan fingerprint density at radius 1 is 1.29 bits per heavy atom. The first-order valence-electron chi connectivity index (χ1n) is 7.27. The van der Waals surface area contributed by atoms with E-state index < -0.39 is 18.5 Å². The minimum Gasteiger partial charge on any atom is -0.454 e. The normalized spacial score (nSPS) is 10.4. The molecule has 2 aromatic rings. The van der Waals surface area contributed by atoms with Crippen molar-refractivity contribution >= 4 is 23.2 Å². The van der Waals surface area contributed by atoms with E-state index in [0.29, 0.717) is 18.7 Å². The van der Waals surface area contributed by atoms with Crippen LogP contribution in [-0.4, -0.2) is 29.6 Å². The molecular weight excluding hydrogens is 335 g/mol. The summed E-state index contributed by atoms with van der Waals surface area (Å²) < 4.78 is 18.9. The van der Waals surface area contributed by atoms with Crippen LogP contribution in [0.5, 0.6) is 0 Å². The Bertz CT molecular complexity index is 767. The van der Waals surface area contributed by atoms with Crippen molar-refractivity contribution in [2.24, 2.45) is 0 Å². The van der Waals surface area contributed by atoms with Gasteiger partial charge in [-0.3, -0.25) is 19.0 Å². The van der Waals surface area contributed by atoms with Crippen molar-refractivity contribution in [1.82, 2.24) is 9.88 Å². The molecule has 0 atom stereocenters. The van der Waals surface area contributed by atoms with Gasteiger partial charge in [0.15, 0.2) is 6.61 Å². The Balaban J connectivity index is 1.68. The molecule has 0 aliphatic heterocycles. The Kier molecular flexibility index (Phi) is 6.25. The Morgan fingerprint density at radius 3 is 2.62 bits per heavy atom. The van der Waals surface area contributed by atoms with Crippen molar-refractivity contribution in [3.8, 4) is 0 Å². The monoisotopic (exact) mass is 352 g/mol. The zero-order chi connectivity index (χ0) is 17.5. The number of thiazole rings is 1. The zero-order valence-corrected chi connectivity index (χ0v) is 13.9. The summed E-state index contributed by atoms with van der Waals surface area (Å²) in [5.74, 6) is -1.39. The maximum atomic E-state index is 12.8. The summed E-state index contributed by atoms with van der Waals surface area (Å²) in [7, 11) is 0. The number of esters is 1. The van der Waals surface area contributed by atoms with Crippen LogP contribution in [0, 0.1) is 12.7 Å². The molecule has 8 heteroatoms. The molecule has 0 saturated heterocycles. The third-order valence-electron chi connectivity index (χ3n) is 3.28. The fourth-order valence-electron chi connectivity index (χ4n) is 1.97. The van der Waals surface area contributed by atoms with Crippen LogP contribution in [0.2, 0.25) is 0 Å². The van der Waals surface area contributed by atoms with Gasteiger partial charge in [0.05, 0.1) is 0 Å². The number of halogens is 1. The predicted molar refractivity (Wildman–Crippen MR) is 87.4 cm³/mol. The first kappa shape index (κ1) is 17.9. The van der Waals surface area contributed by atoms with Gasteiger partial charge in [-0.25, -0.2) is 4.39 Å². The van der Waals surface area contributed by atoms with Gasteiger partial charge in [-0.15, -0.1) is 0 Å². The summed E-state index contributed by atoms with van der Waals surface area (Å²) in [5.41, 5.74) is 1.56. The summed E-state index contributed by atoms with van der Waals surface area (Å²) in [6.07, 6.45) is 0.545. The van der Waals surface area contributed by atoms with E-state index in [4.69, 9.17) is 4.74 Å². The van der Waals surface area contributed by atoms with Crippen molar-refractivity contribution in [3.63, 3.8) is 0 Å². The zero-order valence-electron chi connectivity index (χ0n) is 13.1. The summed E-state index contributed by atoms with van der Waals surface area (Å²) >= 11 is 1.00.